The Balaban J connectivity index is 2.67. The molecule has 1 rings (SSSR count). The second-order valence-corrected chi connectivity index (χ2v) is 9.65. The maximum atomic E-state index is 12.7. The van der Waals surface area contributed by atoms with Crippen molar-refractivity contribution in [2.24, 2.45) is 0 Å². The van der Waals surface area contributed by atoms with E-state index >= 15 is 0 Å². The molecule has 0 aliphatic carbocycles. The van der Waals surface area contributed by atoms with E-state index < -0.39 is 6.72 Å². The maximum Gasteiger partial charge on any atom is 0.353 e. The van der Waals surface area contributed by atoms with E-state index in [1.165, 1.54) is 16.9 Å². The summed E-state index contributed by atoms with van der Waals surface area (Å²) in [6, 6.07) is 7.83. The van der Waals surface area contributed by atoms with Crippen LogP contribution in [0.25, 0.3) is 0 Å². The average Bonchev–Trinajstić information content (AvgIpc) is 2.41. The van der Waals surface area contributed by atoms with Crippen molar-refractivity contribution in [3.63, 3.8) is 0 Å². The third-order valence-corrected chi connectivity index (χ3v) is 7.66. The Morgan fingerprint density at radius 3 is 2.52 bits per heavy atom. The second-order valence-electron chi connectivity index (χ2n) is 4.67. The van der Waals surface area contributed by atoms with E-state index in [0.29, 0.717) is 11.7 Å². The lowest BCUT2D eigenvalue weighted by Gasteiger charge is -2.22. The number of rotatable bonds is 7. The lowest BCUT2D eigenvalue weighted by Crippen LogP contribution is -2.26. The van der Waals surface area contributed by atoms with Gasteiger partial charge in [-0.25, -0.2) is 0 Å². The predicted molar refractivity (Wildman–Crippen MR) is 97.1 cm³/mol. The van der Waals surface area contributed by atoms with Crippen LogP contribution in [-0.2, 0) is 9.09 Å². The van der Waals surface area contributed by atoms with Crippen LogP contribution in [0.15, 0.2) is 24.3 Å². The van der Waals surface area contributed by atoms with Gasteiger partial charge in [-0.15, -0.1) is 0 Å². The first-order valence-corrected chi connectivity index (χ1v) is 10.5. The molecule has 0 aromatic heterocycles. The number of anilines is 1. The smallest absolute Gasteiger partial charge is 0.332 e. The van der Waals surface area contributed by atoms with Crippen molar-refractivity contribution >= 4 is 41.1 Å². The lowest BCUT2D eigenvalue weighted by atomic mass is 10.2. The molecule has 0 saturated heterocycles. The molecule has 0 radical (unpaired) electrons. The fraction of sp³-hybridized carbons (Fsp3) is 0.500. The van der Waals surface area contributed by atoms with Crippen LogP contribution in [0.2, 0.25) is 0 Å². The molecule has 7 heteroatoms. The Morgan fingerprint density at radius 1 is 1.38 bits per heavy atom. The largest absolute Gasteiger partial charge is 0.353 e. The van der Waals surface area contributed by atoms with Crippen molar-refractivity contribution in [1.82, 2.24) is 5.09 Å². The van der Waals surface area contributed by atoms with Gasteiger partial charge in [0, 0.05) is 10.9 Å². The number of nitrogens with one attached hydrogen (secondary N) is 2. The maximum absolute atomic E-state index is 12.7. The van der Waals surface area contributed by atoms with Crippen LogP contribution in [0.3, 0.4) is 0 Å². The van der Waals surface area contributed by atoms with Crippen molar-refractivity contribution in [1.29, 1.82) is 0 Å². The van der Waals surface area contributed by atoms with E-state index in [0.717, 1.165) is 12.1 Å². The molecule has 1 aromatic rings. The number of thiocarbonyl (C=S) groups is 1. The van der Waals surface area contributed by atoms with Crippen LogP contribution in [0.1, 0.15) is 32.8 Å². The van der Waals surface area contributed by atoms with Gasteiger partial charge in [-0.1, -0.05) is 31.5 Å². The van der Waals surface area contributed by atoms with E-state index in [9.17, 15) is 4.57 Å². The topological polar surface area (TPSA) is 50.4 Å². The van der Waals surface area contributed by atoms with Gasteiger partial charge in [0.2, 0.25) is 0 Å². The molecular formula is C14H23N2O2PS2. The van der Waals surface area contributed by atoms with Crippen molar-refractivity contribution < 1.29 is 9.09 Å². The van der Waals surface area contributed by atoms with E-state index in [1.807, 2.05) is 45.0 Å². The fourth-order valence-electron chi connectivity index (χ4n) is 1.49. The number of aryl methyl sites for hydroxylation is 1. The highest BCUT2D eigenvalue weighted by Crippen LogP contribution is 2.58. The molecule has 0 aliphatic heterocycles. The Hall–Kier alpha value is -0.550. The number of benzene rings is 1. The van der Waals surface area contributed by atoms with Gasteiger partial charge in [0.05, 0.1) is 6.61 Å². The van der Waals surface area contributed by atoms with E-state index in [4.69, 9.17) is 16.7 Å². The van der Waals surface area contributed by atoms with Gasteiger partial charge in [0.1, 0.15) is 0 Å². The summed E-state index contributed by atoms with van der Waals surface area (Å²) >= 11 is 6.54. The fourth-order valence-corrected chi connectivity index (χ4v) is 6.39. The lowest BCUT2D eigenvalue weighted by molar-refractivity contribution is 0.343. The molecule has 0 spiro atoms. The summed E-state index contributed by atoms with van der Waals surface area (Å²) in [5.74, 6) is 0. The summed E-state index contributed by atoms with van der Waals surface area (Å²) in [6.45, 7) is 5.26. The summed E-state index contributed by atoms with van der Waals surface area (Å²) in [5.41, 5.74) is 2.03. The summed E-state index contributed by atoms with van der Waals surface area (Å²) < 4.78 is 18.1. The zero-order valence-electron chi connectivity index (χ0n) is 12.9. The van der Waals surface area contributed by atoms with E-state index in [2.05, 4.69) is 17.3 Å². The second kappa shape index (κ2) is 8.79. The zero-order chi connectivity index (χ0) is 15.9. The van der Waals surface area contributed by atoms with Gasteiger partial charge < -0.3 is 9.84 Å². The highest BCUT2D eigenvalue weighted by molar-refractivity contribution is 8.56. The minimum absolute atomic E-state index is 0.233. The predicted octanol–water partition coefficient (Wildman–Crippen LogP) is 4.96. The molecular weight excluding hydrogens is 323 g/mol. The van der Waals surface area contributed by atoms with Gasteiger partial charge in [0.25, 0.3) is 0 Å². The first-order chi connectivity index (χ1) is 9.88. The summed E-state index contributed by atoms with van der Waals surface area (Å²) in [5, 5.41) is 6.41. The molecule has 1 aromatic carbocycles. The summed E-state index contributed by atoms with van der Waals surface area (Å²) in [6.07, 6.45) is 0.918. The van der Waals surface area contributed by atoms with Gasteiger partial charge in [-0.2, -0.15) is 0 Å². The van der Waals surface area contributed by atoms with Crippen molar-refractivity contribution in [3.05, 3.63) is 29.8 Å². The quantitative estimate of drug-likeness (QED) is 0.538. The monoisotopic (exact) mass is 346 g/mol. The van der Waals surface area contributed by atoms with Crippen LogP contribution in [0, 0.1) is 6.92 Å². The van der Waals surface area contributed by atoms with Crippen LogP contribution >= 0.6 is 30.3 Å². The SMILES string of the molecule is CCOP(=O)(NC(=S)Nc1ccc(C)cc1)SC(C)CC. The first-order valence-electron chi connectivity index (χ1n) is 6.97. The molecule has 21 heavy (non-hydrogen) atoms. The van der Waals surface area contributed by atoms with Crippen LogP contribution < -0.4 is 10.4 Å². The molecule has 4 nitrogen and oxygen atoms in total. The van der Waals surface area contributed by atoms with Crippen molar-refractivity contribution in [3.8, 4) is 0 Å². The van der Waals surface area contributed by atoms with Gasteiger partial charge in [-0.3, -0.25) is 9.65 Å². The molecule has 2 atom stereocenters. The van der Waals surface area contributed by atoms with Crippen LogP contribution in [0.4, 0.5) is 5.69 Å². The summed E-state index contributed by atoms with van der Waals surface area (Å²) in [4.78, 5) is 0. The minimum Gasteiger partial charge on any atom is -0.332 e. The normalized spacial score (nSPS) is 15.0. The Bertz CT molecular complexity index is 508. The zero-order valence-corrected chi connectivity index (χ0v) is 15.4. The number of hydrogen-bond donors (Lipinski definition) is 2. The Morgan fingerprint density at radius 2 is 2.00 bits per heavy atom. The Kier molecular flexibility index (Phi) is 7.74. The molecule has 2 N–H and O–H groups in total. The molecule has 0 bridgehead atoms. The van der Waals surface area contributed by atoms with Crippen molar-refractivity contribution in [2.45, 2.75) is 39.4 Å². The van der Waals surface area contributed by atoms with Gasteiger partial charge >= 0.3 is 6.72 Å². The molecule has 0 fully saturated rings. The van der Waals surface area contributed by atoms with Crippen LogP contribution in [-0.4, -0.2) is 17.0 Å². The third-order valence-electron chi connectivity index (χ3n) is 2.74. The highest BCUT2D eigenvalue weighted by Gasteiger charge is 2.27. The molecule has 2 unspecified atom stereocenters. The molecule has 118 valence electrons. The Labute approximate surface area is 136 Å². The molecule has 0 saturated carbocycles. The van der Waals surface area contributed by atoms with Gasteiger partial charge in [0.15, 0.2) is 5.11 Å². The third kappa shape index (κ3) is 6.83. The minimum atomic E-state index is -3.03. The molecule has 0 heterocycles. The van der Waals surface area contributed by atoms with Crippen LogP contribution in [0.5, 0.6) is 0 Å². The molecule has 0 amide bonds. The molecule has 0 aliphatic rings. The van der Waals surface area contributed by atoms with E-state index in [-0.39, 0.29) is 5.25 Å². The summed E-state index contributed by atoms with van der Waals surface area (Å²) in [7, 11) is 0. The van der Waals surface area contributed by atoms with E-state index in [1.54, 1.807) is 0 Å². The number of hydrogen-bond acceptors (Lipinski definition) is 4. The van der Waals surface area contributed by atoms with Crippen molar-refractivity contribution in [2.75, 3.05) is 11.9 Å². The first kappa shape index (κ1) is 18.5. The standard InChI is InChI=1S/C14H23N2O2PS2/c1-5-12(4)21-19(17,18-6-2)16-14(20)15-13-9-7-11(3)8-10-13/h7-10,12H,5-6H2,1-4H3,(H2,15,16,17,20). The highest BCUT2D eigenvalue weighted by atomic mass is 32.7. The van der Waals surface area contributed by atoms with Gasteiger partial charge in [-0.05, 0) is 56.0 Å². The average molecular weight is 346 g/mol.